The molecule has 27 heavy (non-hydrogen) atoms. The number of hydrogen-bond acceptors (Lipinski definition) is 3. The molecule has 3 aromatic rings. The lowest BCUT2D eigenvalue weighted by molar-refractivity contribution is -0.107. The van der Waals surface area contributed by atoms with Crippen molar-refractivity contribution >= 4 is 18.1 Å². The predicted octanol–water partition coefficient (Wildman–Crippen LogP) is 4.79. The number of aldehydes is 1. The molecule has 4 heteroatoms. The maximum atomic E-state index is 12.2. The molecular formula is C23H19NO3. The highest BCUT2D eigenvalue weighted by Crippen LogP contribution is 2.44. The van der Waals surface area contributed by atoms with Crippen molar-refractivity contribution in [2.75, 3.05) is 11.9 Å². The van der Waals surface area contributed by atoms with Gasteiger partial charge in [0.2, 0.25) is 0 Å². The fraction of sp³-hybridized carbons (Fsp3) is 0.130. The fourth-order valence-corrected chi connectivity index (χ4v) is 3.57. The van der Waals surface area contributed by atoms with E-state index in [0.29, 0.717) is 12.1 Å². The molecule has 0 aliphatic heterocycles. The van der Waals surface area contributed by atoms with Gasteiger partial charge in [0.1, 0.15) is 12.9 Å². The third-order valence-electron chi connectivity index (χ3n) is 4.86. The van der Waals surface area contributed by atoms with Crippen LogP contribution in [0.15, 0.2) is 72.8 Å². The Bertz CT molecular complexity index is 933. The molecule has 1 N–H and O–H groups in total. The number of ether oxygens (including phenoxy) is 1. The summed E-state index contributed by atoms with van der Waals surface area (Å²) in [6.45, 7) is 0.281. The fourth-order valence-electron chi connectivity index (χ4n) is 3.57. The van der Waals surface area contributed by atoms with Crippen LogP contribution in [0.4, 0.5) is 10.5 Å². The summed E-state index contributed by atoms with van der Waals surface area (Å²) >= 11 is 0. The normalized spacial score (nSPS) is 12.1. The monoisotopic (exact) mass is 357 g/mol. The van der Waals surface area contributed by atoms with E-state index in [4.69, 9.17) is 4.74 Å². The van der Waals surface area contributed by atoms with Gasteiger partial charge in [0.05, 0.1) is 0 Å². The lowest BCUT2D eigenvalue weighted by Crippen LogP contribution is -2.17. The van der Waals surface area contributed by atoms with Gasteiger partial charge >= 0.3 is 6.09 Å². The number of rotatable bonds is 5. The van der Waals surface area contributed by atoms with E-state index in [1.54, 1.807) is 12.1 Å². The Kier molecular flexibility index (Phi) is 4.71. The Balaban J connectivity index is 1.44. The van der Waals surface area contributed by atoms with Crippen LogP contribution in [0.5, 0.6) is 0 Å². The summed E-state index contributed by atoms with van der Waals surface area (Å²) in [5.74, 6) is 0.0399. The van der Waals surface area contributed by atoms with Gasteiger partial charge in [-0.15, -0.1) is 0 Å². The molecular weight excluding hydrogens is 338 g/mol. The highest BCUT2D eigenvalue weighted by atomic mass is 16.5. The molecule has 4 rings (SSSR count). The van der Waals surface area contributed by atoms with E-state index < -0.39 is 6.09 Å². The molecule has 0 heterocycles. The summed E-state index contributed by atoms with van der Waals surface area (Å²) in [5.41, 5.74) is 6.32. The Hall–Kier alpha value is -3.40. The molecule has 0 saturated carbocycles. The number of carbonyl (C=O) groups is 2. The smallest absolute Gasteiger partial charge is 0.411 e. The molecule has 1 aliphatic carbocycles. The van der Waals surface area contributed by atoms with Gasteiger partial charge in [-0.05, 0) is 39.9 Å². The van der Waals surface area contributed by atoms with Crippen LogP contribution in [0.1, 0.15) is 22.6 Å². The van der Waals surface area contributed by atoms with Crippen molar-refractivity contribution in [2.24, 2.45) is 0 Å². The lowest BCUT2D eigenvalue weighted by Gasteiger charge is -2.14. The third-order valence-corrected chi connectivity index (χ3v) is 4.86. The zero-order chi connectivity index (χ0) is 18.6. The Morgan fingerprint density at radius 1 is 0.889 bits per heavy atom. The van der Waals surface area contributed by atoms with E-state index in [1.165, 1.54) is 22.3 Å². The Labute approximate surface area is 157 Å². The van der Waals surface area contributed by atoms with Crippen molar-refractivity contribution in [1.29, 1.82) is 0 Å². The highest BCUT2D eigenvalue weighted by molar-refractivity contribution is 5.85. The molecule has 0 radical (unpaired) electrons. The van der Waals surface area contributed by atoms with Gasteiger partial charge in [0.15, 0.2) is 0 Å². The van der Waals surface area contributed by atoms with Crippen LogP contribution in [0.2, 0.25) is 0 Å². The molecule has 0 bridgehead atoms. The number of amides is 1. The number of anilines is 1. The lowest BCUT2D eigenvalue weighted by atomic mass is 9.98. The maximum absolute atomic E-state index is 12.2. The molecule has 1 amide bonds. The Morgan fingerprint density at radius 3 is 2.07 bits per heavy atom. The summed E-state index contributed by atoms with van der Waals surface area (Å²) in [6, 6.07) is 23.6. The maximum Gasteiger partial charge on any atom is 0.411 e. The first-order valence-corrected chi connectivity index (χ1v) is 8.91. The number of hydrogen-bond donors (Lipinski definition) is 1. The molecule has 0 aromatic heterocycles. The highest BCUT2D eigenvalue weighted by Gasteiger charge is 2.28. The van der Waals surface area contributed by atoms with Gasteiger partial charge < -0.3 is 9.53 Å². The first-order chi connectivity index (χ1) is 13.3. The molecule has 3 aromatic carbocycles. The summed E-state index contributed by atoms with van der Waals surface area (Å²) in [5, 5.41) is 2.73. The van der Waals surface area contributed by atoms with Crippen LogP contribution in [-0.4, -0.2) is 19.0 Å². The van der Waals surface area contributed by atoms with Crippen molar-refractivity contribution in [3.63, 3.8) is 0 Å². The molecule has 0 saturated heterocycles. The van der Waals surface area contributed by atoms with Gasteiger partial charge in [-0.3, -0.25) is 5.32 Å². The third kappa shape index (κ3) is 3.47. The second-order valence-electron chi connectivity index (χ2n) is 6.52. The van der Waals surface area contributed by atoms with Crippen molar-refractivity contribution in [3.8, 4) is 11.1 Å². The number of fused-ring (bicyclic) bond motifs is 3. The number of carbonyl (C=O) groups excluding carboxylic acids is 2. The molecule has 0 spiro atoms. The van der Waals surface area contributed by atoms with Gasteiger partial charge in [0, 0.05) is 18.0 Å². The van der Waals surface area contributed by atoms with E-state index in [0.717, 1.165) is 11.8 Å². The van der Waals surface area contributed by atoms with Gasteiger partial charge in [-0.1, -0.05) is 60.7 Å². The van der Waals surface area contributed by atoms with Crippen LogP contribution < -0.4 is 5.32 Å². The van der Waals surface area contributed by atoms with Crippen LogP contribution in [0, 0.1) is 0 Å². The van der Waals surface area contributed by atoms with E-state index in [9.17, 15) is 9.59 Å². The second kappa shape index (κ2) is 7.46. The van der Waals surface area contributed by atoms with Gasteiger partial charge in [0.25, 0.3) is 0 Å². The largest absolute Gasteiger partial charge is 0.448 e. The minimum absolute atomic E-state index is 0.0399. The molecule has 0 atom stereocenters. The van der Waals surface area contributed by atoms with Gasteiger partial charge in [-0.25, -0.2) is 4.79 Å². The minimum Gasteiger partial charge on any atom is -0.448 e. The summed E-state index contributed by atoms with van der Waals surface area (Å²) < 4.78 is 5.52. The summed E-state index contributed by atoms with van der Waals surface area (Å²) in [6.07, 6.45) is 0.735. The van der Waals surface area contributed by atoms with Crippen molar-refractivity contribution in [1.82, 2.24) is 0 Å². The summed E-state index contributed by atoms with van der Waals surface area (Å²) in [4.78, 5) is 22.7. The standard InChI is InChI=1S/C23H19NO3/c25-14-13-16-9-11-17(12-10-16)24-23(26)27-15-22-20-7-3-1-5-18(20)19-6-2-4-8-21(19)22/h1-12,14,22H,13,15H2,(H,24,26). The zero-order valence-electron chi connectivity index (χ0n) is 14.7. The van der Waals surface area contributed by atoms with Crippen LogP contribution >= 0.6 is 0 Å². The first kappa shape index (κ1) is 17.0. The zero-order valence-corrected chi connectivity index (χ0v) is 14.7. The minimum atomic E-state index is -0.486. The first-order valence-electron chi connectivity index (χ1n) is 8.91. The summed E-state index contributed by atoms with van der Waals surface area (Å²) in [7, 11) is 0. The Morgan fingerprint density at radius 2 is 1.48 bits per heavy atom. The van der Waals surface area contributed by atoms with E-state index in [2.05, 4.69) is 29.6 Å². The van der Waals surface area contributed by atoms with Gasteiger partial charge in [-0.2, -0.15) is 0 Å². The molecule has 134 valence electrons. The van der Waals surface area contributed by atoms with Crippen molar-refractivity contribution < 1.29 is 14.3 Å². The number of benzene rings is 3. The van der Waals surface area contributed by atoms with Crippen LogP contribution in [-0.2, 0) is 16.0 Å². The average molecular weight is 357 g/mol. The molecule has 4 nitrogen and oxygen atoms in total. The van der Waals surface area contributed by atoms with Crippen LogP contribution in [0.25, 0.3) is 11.1 Å². The molecule has 1 aliphatic rings. The van der Waals surface area contributed by atoms with E-state index in [1.807, 2.05) is 36.4 Å². The average Bonchev–Trinajstić information content (AvgIpc) is 3.02. The van der Waals surface area contributed by atoms with Crippen LogP contribution in [0.3, 0.4) is 0 Å². The quantitative estimate of drug-likeness (QED) is 0.668. The van der Waals surface area contributed by atoms with Crippen molar-refractivity contribution in [2.45, 2.75) is 12.3 Å². The van der Waals surface area contributed by atoms with Crippen molar-refractivity contribution in [3.05, 3.63) is 89.5 Å². The number of nitrogens with one attached hydrogen (secondary N) is 1. The van der Waals surface area contributed by atoms with E-state index in [-0.39, 0.29) is 12.5 Å². The topological polar surface area (TPSA) is 55.4 Å². The molecule has 0 unspecified atom stereocenters. The van der Waals surface area contributed by atoms with E-state index >= 15 is 0 Å². The predicted molar refractivity (Wildman–Crippen MR) is 105 cm³/mol. The SMILES string of the molecule is O=CCc1ccc(NC(=O)OCC2c3ccccc3-c3ccccc32)cc1. The molecule has 0 fully saturated rings. The second-order valence-corrected chi connectivity index (χ2v) is 6.52.